The lowest BCUT2D eigenvalue weighted by molar-refractivity contribution is -0.227. The Hall–Kier alpha value is -1.85. The van der Waals surface area contributed by atoms with Gasteiger partial charge >= 0.3 is 17.9 Å². The lowest BCUT2D eigenvalue weighted by Crippen LogP contribution is -2.66. The third-order valence-corrected chi connectivity index (χ3v) is 14.1. The zero-order chi connectivity index (χ0) is 29.5. The summed E-state index contributed by atoms with van der Waals surface area (Å²) >= 11 is 0. The first-order valence-corrected chi connectivity index (χ1v) is 15.8. The average molecular weight is 557 g/mol. The Morgan fingerprint density at radius 2 is 1.60 bits per heavy atom. The first kappa shape index (κ1) is 29.6. The van der Waals surface area contributed by atoms with Gasteiger partial charge in [0.15, 0.2) is 0 Å². The molecule has 224 valence electrons. The third kappa shape index (κ3) is 3.89. The molecular formula is C34H52O6. The van der Waals surface area contributed by atoms with Crippen LogP contribution in [0.3, 0.4) is 0 Å². The van der Waals surface area contributed by atoms with Crippen molar-refractivity contribution in [2.45, 2.75) is 119 Å². The van der Waals surface area contributed by atoms with E-state index < -0.39 is 16.8 Å². The monoisotopic (exact) mass is 556 g/mol. The molecular weight excluding hydrogens is 504 g/mol. The van der Waals surface area contributed by atoms with E-state index >= 15 is 0 Å². The van der Waals surface area contributed by atoms with Gasteiger partial charge in [0.05, 0.1) is 5.41 Å². The molecule has 4 saturated carbocycles. The van der Waals surface area contributed by atoms with Crippen LogP contribution in [0.4, 0.5) is 0 Å². The number of hydrogen-bond donors (Lipinski definition) is 1. The molecule has 11 atom stereocenters. The third-order valence-electron chi connectivity index (χ3n) is 14.1. The molecule has 0 amide bonds. The summed E-state index contributed by atoms with van der Waals surface area (Å²) in [4.78, 5) is 37.0. The van der Waals surface area contributed by atoms with Crippen molar-refractivity contribution in [3.8, 4) is 0 Å². The predicted molar refractivity (Wildman–Crippen MR) is 153 cm³/mol. The fraction of sp³-hybridized carbons (Fsp3) is 0.853. The number of carboxylic acids is 1. The molecule has 0 aliphatic heterocycles. The summed E-state index contributed by atoms with van der Waals surface area (Å²) in [6, 6.07) is 0. The van der Waals surface area contributed by atoms with E-state index in [1.807, 2.05) is 0 Å². The zero-order valence-corrected chi connectivity index (χ0v) is 26.1. The summed E-state index contributed by atoms with van der Waals surface area (Å²) in [7, 11) is 0. The number of ether oxygens (including phenoxy) is 2. The number of carbonyl (C=O) groups excluding carboxylic acids is 2. The van der Waals surface area contributed by atoms with E-state index in [9.17, 15) is 19.5 Å². The first-order valence-electron chi connectivity index (χ1n) is 15.8. The fourth-order valence-electron chi connectivity index (χ4n) is 11.5. The molecule has 6 heteroatoms. The van der Waals surface area contributed by atoms with Crippen LogP contribution in [-0.4, -0.2) is 35.7 Å². The molecule has 5 aliphatic carbocycles. The maximum absolute atomic E-state index is 12.9. The molecule has 5 rings (SSSR count). The van der Waals surface area contributed by atoms with Gasteiger partial charge in [0.1, 0.15) is 12.7 Å². The zero-order valence-electron chi connectivity index (χ0n) is 26.1. The van der Waals surface area contributed by atoms with Gasteiger partial charge in [0.25, 0.3) is 0 Å². The highest BCUT2D eigenvalue weighted by Gasteiger charge is 2.70. The topological polar surface area (TPSA) is 89.9 Å². The summed E-state index contributed by atoms with van der Waals surface area (Å²) in [5.41, 5.74) is 0.358. The van der Waals surface area contributed by atoms with Gasteiger partial charge in [-0.05, 0) is 104 Å². The molecule has 5 aliphatic rings. The normalized spacial score (nSPS) is 49.8. The number of hydrogen-bond acceptors (Lipinski definition) is 5. The van der Waals surface area contributed by atoms with Crippen molar-refractivity contribution >= 4 is 17.9 Å². The lowest BCUT2D eigenvalue weighted by atomic mass is 9.33. The van der Waals surface area contributed by atoms with Crippen LogP contribution in [0, 0.1) is 56.7 Å². The molecule has 1 N–H and O–H groups in total. The van der Waals surface area contributed by atoms with Crippen molar-refractivity contribution in [2.24, 2.45) is 56.7 Å². The van der Waals surface area contributed by atoms with E-state index in [1.165, 1.54) is 19.4 Å². The number of carboxylic acid groups (broad SMARTS) is 1. The Morgan fingerprint density at radius 3 is 2.23 bits per heavy atom. The minimum atomic E-state index is -0.633. The summed E-state index contributed by atoms with van der Waals surface area (Å²) < 4.78 is 11.6. The number of rotatable bonds is 4. The fourth-order valence-corrected chi connectivity index (χ4v) is 11.5. The second kappa shape index (κ2) is 9.59. The van der Waals surface area contributed by atoms with Gasteiger partial charge in [-0.15, -0.1) is 0 Å². The summed E-state index contributed by atoms with van der Waals surface area (Å²) in [5.74, 6) is 0.499. The standard InChI is InChI=1S/C34H52O6/c1-20-11-16-34(29(37)38)18-17-32(7)24(28(34)21(20)2)9-10-26-30(5)14-13-27(40-23(4)36)31(6,19-39-22(3)35)25(30)12-15-33(26,32)8/h9,20-21,25-28H,10-19H2,1-8H3,(H,37,38)/t20-,21+,25?,26-,27-,28+,30+,31-,32-,33-,34+/m1/s1. The Labute approximate surface area is 241 Å². The van der Waals surface area contributed by atoms with Gasteiger partial charge in [-0.1, -0.05) is 53.2 Å². The van der Waals surface area contributed by atoms with E-state index in [1.54, 1.807) is 0 Å². The molecule has 4 fully saturated rings. The lowest BCUT2D eigenvalue weighted by Gasteiger charge is -2.71. The second-order valence-electron chi connectivity index (χ2n) is 15.5. The molecule has 1 unspecified atom stereocenters. The van der Waals surface area contributed by atoms with E-state index in [-0.39, 0.29) is 52.7 Å². The number of carbonyl (C=O) groups is 3. The highest BCUT2D eigenvalue weighted by molar-refractivity contribution is 5.76. The Bertz CT molecular complexity index is 1110. The van der Waals surface area contributed by atoms with Crippen LogP contribution >= 0.6 is 0 Å². The molecule has 0 aromatic carbocycles. The Balaban J connectivity index is 1.57. The maximum atomic E-state index is 12.9. The summed E-state index contributed by atoms with van der Waals surface area (Å²) in [6.45, 7) is 17.4. The van der Waals surface area contributed by atoms with Crippen LogP contribution in [0.2, 0.25) is 0 Å². The van der Waals surface area contributed by atoms with Gasteiger partial charge in [0.2, 0.25) is 0 Å². The van der Waals surface area contributed by atoms with Crippen LogP contribution in [0.5, 0.6) is 0 Å². The molecule has 0 heterocycles. The smallest absolute Gasteiger partial charge is 0.310 e. The molecule has 40 heavy (non-hydrogen) atoms. The molecule has 0 bridgehead atoms. The van der Waals surface area contributed by atoms with Gasteiger partial charge in [-0.2, -0.15) is 0 Å². The van der Waals surface area contributed by atoms with Gasteiger partial charge < -0.3 is 14.6 Å². The van der Waals surface area contributed by atoms with Gasteiger partial charge in [-0.25, -0.2) is 0 Å². The number of aliphatic carboxylic acids is 1. The summed E-state index contributed by atoms with van der Waals surface area (Å²) in [5, 5.41) is 10.6. The molecule has 0 radical (unpaired) electrons. The predicted octanol–water partition coefficient (Wildman–Crippen LogP) is 7.20. The van der Waals surface area contributed by atoms with Gasteiger partial charge in [-0.3, -0.25) is 14.4 Å². The van der Waals surface area contributed by atoms with Crippen LogP contribution in [-0.2, 0) is 23.9 Å². The highest BCUT2D eigenvalue weighted by Crippen LogP contribution is 2.76. The van der Waals surface area contributed by atoms with Crippen molar-refractivity contribution in [1.82, 2.24) is 0 Å². The largest absolute Gasteiger partial charge is 0.481 e. The molecule has 0 saturated heterocycles. The molecule has 0 aromatic heterocycles. The summed E-state index contributed by atoms with van der Waals surface area (Å²) in [6.07, 6.45) is 10.4. The molecule has 0 spiro atoms. The van der Waals surface area contributed by atoms with Crippen molar-refractivity contribution in [1.29, 1.82) is 0 Å². The van der Waals surface area contributed by atoms with Crippen LogP contribution < -0.4 is 0 Å². The van der Waals surface area contributed by atoms with Crippen molar-refractivity contribution in [3.05, 3.63) is 11.6 Å². The van der Waals surface area contributed by atoms with E-state index in [0.717, 1.165) is 57.8 Å². The van der Waals surface area contributed by atoms with Crippen LogP contribution in [0.1, 0.15) is 113 Å². The van der Waals surface area contributed by atoms with Crippen LogP contribution in [0.25, 0.3) is 0 Å². The van der Waals surface area contributed by atoms with E-state index in [0.29, 0.717) is 17.8 Å². The van der Waals surface area contributed by atoms with Crippen LogP contribution in [0.15, 0.2) is 11.6 Å². The SMILES string of the molecule is CC(=O)OC[C@]1(C)C2CC[C@]3(C)[C@H](CC=C4[C@@H]5[C@@H](C)[C@H](C)CC[C@]5(C(=O)O)CC[C@]43C)[C@@]2(C)CC[C@H]1OC(C)=O. The first-order chi connectivity index (χ1) is 18.6. The second-order valence-corrected chi connectivity index (χ2v) is 15.5. The number of fused-ring (bicyclic) bond motifs is 7. The minimum absolute atomic E-state index is 0.00358. The van der Waals surface area contributed by atoms with Crippen molar-refractivity contribution < 1.29 is 29.0 Å². The quantitative estimate of drug-likeness (QED) is 0.291. The number of esters is 2. The average Bonchev–Trinajstić information content (AvgIpc) is 2.87. The number of allylic oxidation sites excluding steroid dienone is 2. The Morgan fingerprint density at radius 1 is 0.900 bits per heavy atom. The minimum Gasteiger partial charge on any atom is -0.481 e. The highest BCUT2D eigenvalue weighted by atomic mass is 16.6. The molecule has 0 aromatic rings. The maximum Gasteiger partial charge on any atom is 0.310 e. The van der Waals surface area contributed by atoms with E-state index in [4.69, 9.17) is 9.47 Å². The van der Waals surface area contributed by atoms with E-state index in [2.05, 4.69) is 47.6 Å². The van der Waals surface area contributed by atoms with Gasteiger partial charge in [0, 0.05) is 19.3 Å². The molecule has 6 nitrogen and oxygen atoms in total. The Kier molecular flexibility index (Phi) is 7.11. The van der Waals surface area contributed by atoms with Crippen molar-refractivity contribution in [2.75, 3.05) is 6.61 Å². The van der Waals surface area contributed by atoms with Crippen molar-refractivity contribution in [3.63, 3.8) is 0 Å².